The molecule has 0 bridgehead atoms. The van der Waals surface area contributed by atoms with Gasteiger partial charge in [-0.1, -0.05) is 6.08 Å². The van der Waals surface area contributed by atoms with E-state index in [9.17, 15) is 0 Å². The van der Waals surface area contributed by atoms with Gasteiger partial charge in [0, 0.05) is 36.2 Å². The summed E-state index contributed by atoms with van der Waals surface area (Å²) in [6.07, 6.45) is 6.02. The first kappa shape index (κ1) is 11.8. The molecular formula is C13H17ClN4. The molecule has 1 aliphatic heterocycles. The summed E-state index contributed by atoms with van der Waals surface area (Å²) in [5, 5.41) is 2.07. The molecule has 0 radical (unpaired) electrons. The molecule has 2 aliphatic rings. The van der Waals surface area contributed by atoms with Gasteiger partial charge >= 0.3 is 0 Å². The maximum absolute atomic E-state index is 6.43. The Hall–Kier alpha value is -1.26. The molecule has 0 spiro atoms. The maximum Gasteiger partial charge on any atom is 0.123 e. The minimum atomic E-state index is -0.103. The highest BCUT2D eigenvalue weighted by atomic mass is 35.5. The summed E-state index contributed by atoms with van der Waals surface area (Å²) >= 11 is 6.43. The Morgan fingerprint density at radius 2 is 2.28 bits per heavy atom. The van der Waals surface area contributed by atoms with Crippen molar-refractivity contribution in [2.24, 2.45) is 5.73 Å². The zero-order chi connectivity index (χ0) is 12.7. The van der Waals surface area contributed by atoms with Crippen molar-refractivity contribution >= 4 is 29.2 Å². The number of piperidine rings is 1. The molecule has 1 unspecified atom stereocenters. The number of nitrogens with two attached hydrogens (primary N) is 2. The van der Waals surface area contributed by atoms with Crippen molar-refractivity contribution in [2.45, 2.75) is 24.3 Å². The van der Waals surface area contributed by atoms with E-state index in [1.165, 1.54) is 0 Å². The van der Waals surface area contributed by atoms with Gasteiger partial charge in [-0.25, -0.2) is 4.98 Å². The number of alkyl halides is 1. The van der Waals surface area contributed by atoms with Gasteiger partial charge < -0.3 is 16.4 Å². The molecule has 4 N–H and O–H groups in total. The SMILES string of the molecule is Nc1cc2c(cn1)=CC(Cl)C=2N1CCC[C@H](N)C1. The molecule has 1 aromatic rings. The number of aromatic nitrogens is 1. The molecule has 2 heterocycles. The van der Waals surface area contributed by atoms with E-state index >= 15 is 0 Å². The number of rotatable bonds is 1. The Balaban J connectivity index is 2.09. The summed E-state index contributed by atoms with van der Waals surface area (Å²) in [5.74, 6) is 0.534. The topological polar surface area (TPSA) is 68.2 Å². The molecule has 0 aromatic carbocycles. The fraction of sp³-hybridized carbons (Fsp3) is 0.462. The van der Waals surface area contributed by atoms with E-state index in [0.717, 1.165) is 42.1 Å². The molecular weight excluding hydrogens is 248 g/mol. The minimum absolute atomic E-state index is 0.103. The fourth-order valence-electron chi connectivity index (χ4n) is 2.80. The van der Waals surface area contributed by atoms with Crippen LogP contribution in [0.3, 0.4) is 0 Å². The van der Waals surface area contributed by atoms with Crippen LogP contribution in [0.4, 0.5) is 5.82 Å². The summed E-state index contributed by atoms with van der Waals surface area (Å²) in [6, 6.07) is 2.14. The van der Waals surface area contributed by atoms with Crippen LogP contribution in [0.25, 0.3) is 11.8 Å². The molecule has 1 fully saturated rings. The third-order valence-corrected chi connectivity index (χ3v) is 3.95. The fourth-order valence-corrected chi connectivity index (χ4v) is 3.19. The number of hydrogen-bond acceptors (Lipinski definition) is 4. The van der Waals surface area contributed by atoms with Gasteiger partial charge in [-0.15, -0.1) is 11.6 Å². The van der Waals surface area contributed by atoms with Gasteiger partial charge in [0.2, 0.25) is 0 Å². The van der Waals surface area contributed by atoms with E-state index in [0.29, 0.717) is 5.82 Å². The predicted octanol–water partition coefficient (Wildman–Crippen LogP) is -0.403. The van der Waals surface area contributed by atoms with Gasteiger partial charge in [0.05, 0.1) is 5.38 Å². The van der Waals surface area contributed by atoms with E-state index in [2.05, 4.69) is 9.88 Å². The monoisotopic (exact) mass is 264 g/mol. The third kappa shape index (κ3) is 1.95. The number of nitrogens with zero attached hydrogens (tertiary/aromatic N) is 2. The van der Waals surface area contributed by atoms with Gasteiger partial charge in [0.15, 0.2) is 0 Å². The summed E-state index contributed by atoms with van der Waals surface area (Å²) in [5.41, 5.74) is 12.9. The van der Waals surface area contributed by atoms with E-state index < -0.39 is 0 Å². The first-order chi connectivity index (χ1) is 8.65. The van der Waals surface area contributed by atoms with Crippen LogP contribution in [0.5, 0.6) is 0 Å². The zero-order valence-electron chi connectivity index (χ0n) is 10.1. The van der Waals surface area contributed by atoms with Crippen LogP contribution in [0.1, 0.15) is 12.8 Å². The first-order valence-electron chi connectivity index (χ1n) is 6.27. The van der Waals surface area contributed by atoms with Gasteiger partial charge in [-0.3, -0.25) is 0 Å². The van der Waals surface area contributed by atoms with Crippen molar-refractivity contribution in [2.75, 3.05) is 18.8 Å². The number of pyridine rings is 1. The highest BCUT2D eigenvalue weighted by Gasteiger charge is 2.25. The quantitative estimate of drug-likeness (QED) is 0.677. The van der Waals surface area contributed by atoms with Crippen LogP contribution in [-0.4, -0.2) is 34.4 Å². The smallest absolute Gasteiger partial charge is 0.123 e. The molecule has 1 aromatic heterocycles. The van der Waals surface area contributed by atoms with Crippen molar-refractivity contribution in [1.82, 2.24) is 9.88 Å². The number of anilines is 1. The largest absolute Gasteiger partial charge is 0.384 e. The summed E-state index contributed by atoms with van der Waals surface area (Å²) in [7, 11) is 0. The molecule has 2 atom stereocenters. The molecule has 3 rings (SSSR count). The Morgan fingerprint density at radius 1 is 1.44 bits per heavy atom. The van der Waals surface area contributed by atoms with Crippen LogP contribution in [0.15, 0.2) is 12.3 Å². The van der Waals surface area contributed by atoms with E-state index in [1.807, 2.05) is 12.1 Å². The van der Waals surface area contributed by atoms with Crippen LogP contribution in [0, 0.1) is 0 Å². The van der Waals surface area contributed by atoms with E-state index in [1.54, 1.807) is 6.20 Å². The average Bonchev–Trinajstić information content (AvgIpc) is 2.64. The van der Waals surface area contributed by atoms with Crippen LogP contribution < -0.4 is 21.9 Å². The normalized spacial score (nSPS) is 27.0. The third-order valence-electron chi connectivity index (χ3n) is 3.62. The van der Waals surface area contributed by atoms with E-state index in [4.69, 9.17) is 23.1 Å². The number of hydrogen-bond donors (Lipinski definition) is 2. The lowest BCUT2D eigenvalue weighted by Gasteiger charge is -2.34. The second kappa shape index (κ2) is 4.44. The maximum atomic E-state index is 6.43. The minimum Gasteiger partial charge on any atom is -0.384 e. The highest BCUT2D eigenvalue weighted by molar-refractivity contribution is 6.29. The van der Waals surface area contributed by atoms with Crippen LogP contribution in [-0.2, 0) is 0 Å². The van der Waals surface area contributed by atoms with Crippen molar-refractivity contribution < 1.29 is 0 Å². The average molecular weight is 265 g/mol. The number of likely N-dealkylation sites (tertiary alicyclic amines) is 1. The Kier molecular flexibility index (Phi) is 2.92. The van der Waals surface area contributed by atoms with Gasteiger partial charge in [-0.05, 0) is 24.1 Å². The lowest BCUT2D eigenvalue weighted by atomic mass is 10.1. The predicted molar refractivity (Wildman–Crippen MR) is 74.2 cm³/mol. The number of halogens is 1. The summed E-state index contributed by atoms with van der Waals surface area (Å²) < 4.78 is 0. The second-order valence-corrected chi connectivity index (χ2v) is 5.47. The molecule has 4 nitrogen and oxygen atoms in total. The molecule has 18 heavy (non-hydrogen) atoms. The zero-order valence-corrected chi connectivity index (χ0v) is 10.9. The van der Waals surface area contributed by atoms with Crippen molar-refractivity contribution in [1.29, 1.82) is 0 Å². The standard InChI is InChI=1S/C13H17ClN4/c14-11-4-8-6-17-12(16)5-10(8)13(11)18-3-1-2-9(15)7-18/h4-6,9,11H,1-3,7,15-16H2/t9-,11?/m0/s1. The molecule has 1 saturated heterocycles. The van der Waals surface area contributed by atoms with E-state index in [-0.39, 0.29) is 11.4 Å². The first-order valence-corrected chi connectivity index (χ1v) is 6.71. The molecule has 1 aliphatic carbocycles. The van der Waals surface area contributed by atoms with Gasteiger partial charge in [0.1, 0.15) is 5.82 Å². The Bertz CT molecular complexity index is 583. The van der Waals surface area contributed by atoms with Crippen LogP contribution >= 0.6 is 11.6 Å². The molecule has 0 amide bonds. The molecule has 5 heteroatoms. The summed E-state index contributed by atoms with van der Waals surface area (Å²) in [4.78, 5) is 6.41. The van der Waals surface area contributed by atoms with Crippen molar-refractivity contribution in [3.63, 3.8) is 0 Å². The Labute approximate surface area is 111 Å². The molecule has 96 valence electrons. The lowest BCUT2D eigenvalue weighted by molar-refractivity contribution is 0.290. The van der Waals surface area contributed by atoms with Gasteiger partial charge in [0.25, 0.3) is 0 Å². The van der Waals surface area contributed by atoms with Crippen molar-refractivity contribution in [3.8, 4) is 0 Å². The Morgan fingerprint density at radius 3 is 3.06 bits per heavy atom. The van der Waals surface area contributed by atoms with Crippen molar-refractivity contribution in [3.05, 3.63) is 22.7 Å². The highest BCUT2D eigenvalue weighted by Crippen LogP contribution is 2.22. The van der Waals surface area contributed by atoms with Gasteiger partial charge in [-0.2, -0.15) is 0 Å². The molecule has 0 saturated carbocycles. The summed E-state index contributed by atoms with van der Waals surface area (Å²) in [6.45, 7) is 1.88. The number of fused-ring (bicyclic) bond motifs is 1. The lowest BCUT2D eigenvalue weighted by Crippen LogP contribution is -2.44. The number of nitrogen functional groups attached to an aromatic ring is 1. The second-order valence-electron chi connectivity index (χ2n) is 5.00. The van der Waals surface area contributed by atoms with Crippen LogP contribution in [0.2, 0.25) is 0 Å².